The maximum Gasteiger partial charge on any atom is 0.329 e. The predicted octanol–water partition coefficient (Wildman–Crippen LogP) is 0.994. The molecule has 0 aromatic heterocycles. The van der Waals surface area contributed by atoms with Crippen LogP contribution in [0.4, 0.5) is 10.5 Å². The van der Waals surface area contributed by atoms with Crippen LogP contribution < -0.4 is 10.2 Å². The molecule has 2 fully saturated rings. The monoisotopic (exact) mass is 317 g/mol. The maximum atomic E-state index is 12.6. The van der Waals surface area contributed by atoms with Crippen molar-refractivity contribution >= 4 is 23.5 Å². The highest BCUT2D eigenvalue weighted by Crippen LogP contribution is 2.22. The molecule has 0 saturated carbocycles. The molecule has 0 aliphatic carbocycles. The summed E-state index contributed by atoms with van der Waals surface area (Å²) in [6.45, 7) is 1.28. The molecule has 7 heteroatoms. The molecule has 0 radical (unpaired) electrons. The van der Waals surface area contributed by atoms with Crippen molar-refractivity contribution in [3.63, 3.8) is 0 Å². The molecular formula is C16H19N3O4. The number of urea groups is 1. The minimum absolute atomic E-state index is 0.00810. The van der Waals surface area contributed by atoms with Gasteiger partial charge < -0.3 is 9.64 Å². The quantitative estimate of drug-likeness (QED) is 0.840. The van der Waals surface area contributed by atoms with Crippen molar-refractivity contribution in [2.24, 2.45) is 0 Å². The highest BCUT2D eigenvalue weighted by molar-refractivity contribution is 6.12. The molecule has 2 aliphatic heterocycles. The molecule has 122 valence electrons. The highest BCUT2D eigenvalue weighted by atomic mass is 16.5. The Balaban J connectivity index is 1.73. The van der Waals surface area contributed by atoms with Crippen molar-refractivity contribution in [2.45, 2.75) is 18.9 Å². The lowest BCUT2D eigenvalue weighted by molar-refractivity contribution is -0.117. The Bertz CT molecular complexity index is 629. The Kier molecular flexibility index (Phi) is 4.29. The average molecular weight is 317 g/mol. The fourth-order valence-electron chi connectivity index (χ4n) is 3.07. The second-order valence-corrected chi connectivity index (χ2v) is 5.74. The van der Waals surface area contributed by atoms with Crippen molar-refractivity contribution < 1.29 is 19.1 Å². The number of carbonyl (C=O) groups excluding carboxylic acids is 3. The van der Waals surface area contributed by atoms with Crippen LogP contribution in [0.3, 0.4) is 0 Å². The SMILES string of the molecule is COC[C@@H]1CCCN1C(=O)c1ccc(N2CC(=O)NC2=O)cc1. The van der Waals surface area contributed by atoms with E-state index in [2.05, 4.69) is 5.32 Å². The number of benzene rings is 1. The van der Waals surface area contributed by atoms with Gasteiger partial charge in [0.05, 0.1) is 12.6 Å². The number of likely N-dealkylation sites (tertiary alicyclic amines) is 1. The van der Waals surface area contributed by atoms with Gasteiger partial charge in [-0.1, -0.05) is 0 Å². The third-order valence-electron chi connectivity index (χ3n) is 4.22. The third-order valence-corrected chi connectivity index (χ3v) is 4.22. The zero-order valence-electron chi connectivity index (χ0n) is 12.9. The topological polar surface area (TPSA) is 79.0 Å². The van der Waals surface area contributed by atoms with Crippen LogP contribution >= 0.6 is 0 Å². The van der Waals surface area contributed by atoms with Crippen molar-refractivity contribution in [3.05, 3.63) is 29.8 Å². The molecular weight excluding hydrogens is 298 g/mol. The summed E-state index contributed by atoms with van der Waals surface area (Å²) in [5.74, 6) is -0.354. The maximum absolute atomic E-state index is 12.6. The smallest absolute Gasteiger partial charge is 0.329 e. The van der Waals surface area contributed by atoms with Gasteiger partial charge in [0.2, 0.25) is 5.91 Å². The first-order valence-corrected chi connectivity index (χ1v) is 7.61. The summed E-state index contributed by atoms with van der Waals surface area (Å²) in [6, 6.07) is 6.44. The average Bonchev–Trinajstić information content (AvgIpc) is 3.13. The fourth-order valence-corrected chi connectivity index (χ4v) is 3.07. The lowest BCUT2D eigenvalue weighted by atomic mass is 10.1. The highest BCUT2D eigenvalue weighted by Gasteiger charge is 2.30. The van der Waals surface area contributed by atoms with Crippen LogP contribution in [0.25, 0.3) is 0 Å². The molecule has 0 bridgehead atoms. The molecule has 4 amide bonds. The number of methoxy groups -OCH3 is 1. The molecule has 1 aromatic carbocycles. The molecule has 1 N–H and O–H groups in total. The first kappa shape index (κ1) is 15.5. The zero-order chi connectivity index (χ0) is 16.4. The van der Waals surface area contributed by atoms with Gasteiger partial charge in [0.15, 0.2) is 0 Å². The Hall–Kier alpha value is -2.41. The van der Waals surface area contributed by atoms with E-state index in [1.165, 1.54) is 4.90 Å². The summed E-state index contributed by atoms with van der Waals surface area (Å²) >= 11 is 0. The predicted molar refractivity (Wildman–Crippen MR) is 83.3 cm³/mol. The van der Waals surface area contributed by atoms with Crippen LogP contribution in [0.2, 0.25) is 0 Å². The Morgan fingerprint density at radius 1 is 1.30 bits per heavy atom. The van der Waals surface area contributed by atoms with Gasteiger partial charge in [0.25, 0.3) is 5.91 Å². The van der Waals surface area contributed by atoms with Gasteiger partial charge in [-0.25, -0.2) is 4.79 Å². The minimum Gasteiger partial charge on any atom is -0.383 e. The van der Waals surface area contributed by atoms with E-state index in [0.717, 1.165) is 19.4 Å². The Morgan fingerprint density at radius 2 is 2.04 bits per heavy atom. The summed E-state index contributed by atoms with van der Waals surface area (Å²) in [5.41, 5.74) is 1.17. The van der Waals surface area contributed by atoms with Gasteiger partial charge in [-0.15, -0.1) is 0 Å². The second kappa shape index (κ2) is 6.37. The van der Waals surface area contributed by atoms with Crippen LogP contribution in [0.15, 0.2) is 24.3 Å². The number of nitrogens with zero attached hydrogens (tertiary/aromatic N) is 2. The molecule has 2 aliphatic rings. The van der Waals surface area contributed by atoms with Crippen molar-refractivity contribution in [2.75, 3.05) is 31.7 Å². The minimum atomic E-state index is -0.436. The van der Waals surface area contributed by atoms with E-state index < -0.39 is 6.03 Å². The molecule has 7 nitrogen and oxygen atoms in total. The lowest BCUT2D eigenvalue weighted by Gasteiger charge is -2.24. The lowest BCUT2D eigenvalue weighted by Crippen LogP contribution is -2.38. The second-order valence-electron chi connectivity index (χ2n) is 5.74. The van der Waals surface area contributed by atoms with Crippen molar-refractivity contribution in [1.29, 1.82) is 0 Å². The molecule has 1 aromatic rings. The van der Waals surface area contributed by atoms with Crippen LogP contribution in [0.1, 0.15) is 23.2 Å². The number of nitrogens with one attached hydrogen (secondary N) is 1. The van der Waals surface area contributed by atoms with E-state index >= 15 is 0 Å². The first-order valence-electron chi connectivity index (χ1n) is 7.61. The number of hydrogen-bond acceptors (Lipinski definition) is 4. The Labute approximate surface area is 134 Å². The number of ether oxygens (including phenoxy) is 1. The number of amides is 4. The van der Waals surface area contributed by atoms with Gasteiger partial charge >= 0.3 is 6.03 Å². The van der Waals surface area contributed by atoms with Crippen molar-refractivity contribution in [1.82, 2.24) is 10.2 Å². The molecule has 23 heavy (non-hydrogen) atoms. The first-order chi connectivity index (χ1) is 11.1. The van der Waals surface area contributed by atoms with E-state index in [1.807, 2.05) is 4.90 Å². The fraction of sp³-hybridized carbons (Fsp3) is 0.438. The van der Waals surface area contributed by atoms with Gasteiger partial charge in [-0.3, -0.25) is 19.8 Å². The van der Waals surface area contributed by atoms with E-state index in [-0.39, 0.29) is 24.4 Å². The van der Waals surface area contributed by atoms with Crippen LogP contribution in [-0.2, 0) is 9.53 Å². The van der Waals surface area contributed by atoms with Gasteiger partial charge in [0, 0.05) is 24.9 Å². The number of carbonyl (C=O) groups is 3. The molecule has 1 atom stereocenters. The number of anilines is 1. The van der Waals surface area contributed by atoms with E-state index in [0.29, 0.717) is 17.9 Å². The normalized spacial score (nSPS) is 21.0. The zero-order valence-corrected chi connectivity index (χ0v) is 12.9. The van der Waals surface area contributed by atoms with E-state index in [9.17, 15) is 14.4 Å². The number of hydrogen-bond donors (Lipinski definition) is 1. The van der Waals surface area contributed by atoms with Gasteiger partial charge in [0.1, 0.15) is 6.54 Å². The van der Waals surface area contributed by atoms with Crippen LogP contribution in [0, 0.1) is 0 Å². The largest absolute Gasteiger partial charge is 0.383 e. The number of rotatable bonds is 4. The molecule has 0 spiro atoms. The third kappa shape index (κ3) is 3.05. The molecule has 2 heterocycles. The summed E-state index contributed by atoms with van der Waals surface area (Å²) in [6.07, 6.45) is 1.93. The van der Waals surface area contributed by atoms with Gasteiger partial charge in [-0.2, -0.15) is 0 Å². The molecule has 0 unspecified atom stereocenters. The summed E-state index contributed by atoms with van der Waals surface area (Å²) in [4.78, 5) is 38.7. The summed E-state index contributed by atoms with van der Waals surface area (Å²) < 4.78 is 5.17. The van der Waals surface area contributed by atoms with E-state index in [1.54, 1.807) is 31.4 Å². The van der Waals surface area contributed by atoms with Gasteiger partial charge in [-0.05, 0) is 37.1 Å². The number of imide groups is 1. The summed E-state index contributed by atoms with van der Waals surface area (Å²) in [7, 11) is 1.64. The molecule has 3 rings (SSSR count). The van der Waals surface area contributed by atoms with Crippen molar-refractivity contribution in [3.8, 4) is 0 Å². The van der Waals surface area contributed by atoms with E-state index in [4.69, 9.17) is 4.74 Å². The van der Waals surface area contributed by atoms with Crippen LogP contribution in [0.5, 0.6) is 0 Å². The standard InChI is InChI=1S/C16H19N3O4/c1-23-10-13-3-2-8-18(13)15(21)11-4-6-12(7-5-11)19-9-14(20)17-16(19)22/h4-7,13H,2-3,8-10H2,1H3,(H,17,20,22)/t13-/m0/s1. The van der Waals surface area contributed by atoms with Crippen LogP contribution in [-0.4, -0.2) is 55.6 Å². The Morgan fingerprint density at radius 3 is 2.65 bits per heavy atom. The summed E-state index contributed by atoms with van der Waals surface area (Å²) in [5, 5.41) is 2.23. The molecule has 2 saturated heterocycles.